The van der Waals surface area contributed by atoms with E-state index < -0.39 is 25.1 Å². The van der Waals surface area contributed by atoms with Gasteiger partial charge in [0.15, 0.2) is 0 Å². The number of aryl methyl sites for hydroxylation is 1. The van der Waals surface area contributed by atoms with E-state index in [0.717, 1.165) is 21.9 Å². The first-order valence-electron chi connectivity index (χ1n) is 9.17. The van der Waals surface area contributed by atoms with Crippen molar-refractivity contribution in [1.29, 1.82) is 0 Å². The second-order valence-corrected chi connectivity index (χ2v) is 9.38. The van der Waals surface area contributed by atoms with E-state index in [2.05, 4.69) is 16.4 Å². The highest BCUT2D eigenvalue weighted by Crippen LogP contribution is 2.30. The van der Waals surface area contributed by atoms with Crippen LogP contribution in [0.4, 0.5) is 13.2 Å². The molecule has 0 saturated heterocycles. The van der Waals surface area contributed by atoms with E-state index in [0.29, 0.717) is 25.0 Å². The molecule has 11 heteroatoms. The van der Waals surface area contributed by atoms with Crippen molar-refractivity contribution in [1.82, 2.24) is 0 Å². The third-order valence-corrected chi connectivity index (χ3v) is 5.55. The van der Waals surface area contributed by atoms with Gasteiger partial charge in [0, 0.05) is 16.8 Å². The van der Waals surface area contributed by atoms with Crippen LogP contribution in [0.3, 0.4) is 0 Å². The topological polar surface area (TPSA) is 108 Å². The maximum absolute atomic E-state index is 12.5. The molecule has 1 atom stereocenters. The van der Waals surface area contributed by atoms with E-state index in [4.69, 9.17) is 10.5 Å². The largest absolute Gasteiger partial charge is 0.790 e. The van der Waals surface area contributed by atoms with Gasteiger partial charge in [-0.15, -0.1) is 11.3 Å². The first kappa shape index (κ1) is 25.4. The van der Waals surface area contributed by atoms with Gasteiger partial charge in [-0.1, -0.05) is 11.8 Å². The molecule has 0 fully saturated rings. The predicted octanol–water partition coefficient (Wildman–Crippen LogP) is 3.08. The Bertz CT molecular complexity index is 958. The molecule has 0 radical (unpaired) electrons. The molecule has 6 nitrogen and oxygen atoms in total. The summed E-state index contributed by atoms with van der Waals surface area (Å²) in [6.07, 6.45) is -2.99. The van der Waals surface area contributed by atoms with Crippen LogP contribution in [-0.2, 0) is 21.7 Å². The zero-order valence-corrected chi connectivity index (χ0v) is 18.3. The minimum Gasteiger partial charge on any atom is -0.790 e. The van der Waals surface area contributed by atoms with Gasteiger partial charge in [-0.3, -0.25) is 0 Å². The molecule has 31 heavy (non-hydrogen) atoms. The van der Waals surface area contributed by atoms with Gasteiger partial charge in [0.1, 0.15) is 5.75 Å². The summed E-state index contributed by atoms with van der Waals surface area (Å²) in [5, 5.41) is 0. The minimum atomic E-state index is -5.05. The smallest absolute Gasteiger partial charge is 0.416 e. The molecule has 170 valence electrons. The maximum Gasteiger partial charge on any atom is 0.416 e. The highest BCUT2D eigenvalue weighted by atomic mass is 32.1. The van der Waals surface area contributed by atoms with Gasteiger partial charge in [0.05, 0.1) is 31.5 Å². The number of nitrogens with two attached hydrogens (primary N) is 1. The summed E-state index contributed by atoms with van der Waals surface area (Å²) in [6, 6.07) is 8.20. The van der Waals surface area contributed by atoms with Gasteiger partial charge in [-0.05, 0) is 56.2 Å². The van der Waals surface area contributed by atoms with Crippen molar-refractivity contribution in [3.8, 4) is 17.6 Å². The zero-order chi connectivity index (χ0) is 23.1. The predicted molar refractivity (Wildman–Crippen MR) is 107 cm³/mol. The van der Waals surface area contributed by atoms with Crippen LogP contribution < -0.4 is 20.3 Å². The first-order chi connectivity index (χ1) is 14.3. The van der Waals surface area contributed by atoms with E-state index in [-0.39, 0.29) is 13.2 Å². The van der Waals surface area contributed by atoms with Gasteiger partial charge in [0.2, 0.25) is 0 Å². The number of thiophene rings is 1. The van der Waals surface area contributed by atoms with Gasteiger partial charge in [0.25, 0.3) is 0 Å². The Kier molecular flexibility index (Phi) is 8.72. The molecule has 1 aromatic heterocycles. The molecule has 2 rings (SSSR count). The Morgan fingerprint density at radius 2 is 1.84 bits per heavy atom. The SMILES string of the molecule is CC(N)(CCc1ccc(C#CCCOc2ccc(C(F)(F)F)cc2)s1)COP(=O)([O-])[O-]. The maximum atomic E-state index is 12.5. The molecule has 2 aromatic rings. The number of ether oxygens (including phenoxy) is 1. The lowest BCUT2D eigenvalue weighted by Gasteiger charge is -2.33. The third-order valence-electron chi connectivity index (χ3n) is 4.05. The van der Waals surface area contributed by atoms with Crippen molar-refractivity contribution in [2.45, 2.75) is 37.9 Å². The fourth-order valence-corrected chi connectivity index (χ4v) is 3.73. The molecule has 0 bridgehead atoms. The quantitative estimate of drug-likeness (QED) is 0.339. The molecule has 1 aromatic carbocycles. The molecule has 0 aliphatic heterocycles. The van der Waals surface area contributed by atoms with E-state index in [9.17, 15) is 27.5 Å². The molecular formula is C20H21F3NO5PS-2. The van der Waals surface area contributed by atoms with Gasteiger partial charge in [-0.2, -0.15) is 13.2 Å². The summed E-state index contributed by atoms with van der Waals surface area (Å²) in [5.74, 6) is 6.27. The monoisotopic (exact) mass is 475 g/mol. The number of hydrogen-bond donors (Lipinski definition) is 1. The average Bonchev–Trinajstić information content (AvgIpc) is 3.12. The Balaban J connectivity index is 1.75. The Labute approximate surface area is 182 Å². The summed E-state index contributed by atoms with van der Waals surface area (Å²) < 4.78 is 57.7. The van der Waals surface area contributed by atoms with E-state index in [1.165, 1.54) is 23.5 Å². The number of hydrogen-bond acceptors (Lipinski definition) is 7. The standard InChI is InChI=1S/C20H23F3NO5PS/c1-19(24,14-29-30(25,26)27)12-11-18-10-9-17(31-18)4-2-3-13-28-16-7-5-15(6-8-16)20(21,22)23/h5-10H,3,11-14,24H2,1H3,(H2,25,26,27)/p-2. The number of rotatable bonds is 9. The van der Waals surface area contributed by atoms with Crippen LogP contribution in [0.5, 0.6) is 5.75 Å². The number of phosphoric acid groups is 1. The van der Waals surface area contributed by atoms with Crippen LogP contribution in [0, 0.1) is 11.8 Å². The van der Waals surface area contributed by atoms with E-state index in [1.807, 2.05) is 12.1 Å². The fourth-order valence-electron chi connectivity index (χ4n) is 2.40. The normalized spacial score (nSPS) is 13.9. The molecule has 0 amide bonds. The van der Waals surface area contributed by atoms with Crippen LogP contribution >= 0.6 is 19.2 Å². The summed E-state index contributed by atoms with van der Waals surface area (Å²) in [6.45, 7) is 1.47. The van der Waals surface area contributed by atoms with Crippen molar-refractivity contribution in [2.24, 2.45) is 5.73 Å². The van der Waals surface area contributed by atoms with Crippen molar-refractivity contribution in [3.63, 3.8) is 0 Å². The number of alkyl halides is 3. The molecule has 0 saturated carbocycles. The second-order valence-electron chi connectivity index (χ2n) is 7.06. The van der Waals surface area contributed by atoms with Crippen LogP contribution in [-0.4, -0.2) is 18.8 Å². The Morgan fingerprint density at radius 1 is 1.16 bits per heavy atom. The average molecular weight is 475 g/mol. The molecule has 0 aliphatic carbocycles. The second kappa shape index (κ2) is 10.6. The fraction of sp³-hybridized carbons (Fsp3) is 0.400. The van der Waals surface area contributed by atoms with Crippen LogP contribution in [0.15, 0.2) is 36.4 Å². The third kappa shape index (κ3) is 9.87. The molecule has 2 N–H and O–H groups in total. The molecule has 0 aliphatic rings. The van der Waals surface area contributed by atoms with Crippen LogP contribution in [0.25, 0.3) is 0 Å². The highest BCUT2D eigenvalue weighted by Gasteiger charge is 2.30. The lowest BCUT2D eigenvalue weighted by molar-refractivity contribution is -0.342. The van der Waals surface area contributed by atoms with E-state index in [1.54, 1.807) is 6.92 Å². The summed E-state index contributed by atoms with van der Waals surface area (Å²) >= 11 is 1.46. The van der Waals surface area contributed by atoms with Crippen LogP contribution in [0.1, 0.15) is 35.1 Å². The van der Waals surface area contributed by atoms with Crippen LogP contribution in [0.2, 0.25) is 0 Å². The summed E-state index contributed by atoms with van der Waals surface area (Å²) in [7, 11) is -5.05. The Hall–Kier alpha value is -1.86. The highest BCUT2D eigenvalue weighted by molar-refractivity contribution is 7.43. The number of halogens is 3. The van der Waals surface area contributed by atoms with E-state index >= 15 is 0 Å². The number of benzene rings is 1. The number of phosphoric ester groups is 1. The van der Waals surface area contributed by atoms with Gasteiger partial charge in [-0.25, -0.2) is 0 Å². The minimum absolute atomic E-state index is 0.241. The lowest BCUT2D eigenvalue weighted by Crippen LogP contribution is -2.42. The molecular weight excluding hydrogens is 454 g/mol. The molecule has 0 spiro atoms. The van der Waals surface area contributed by atoms with Crippen molar-refractivity contribution >= 4 is 19.2 Å². The van der Waals surface area contributed by atoms with Crippen molar-refractivity contribution in [2.75, 3.05) is 13.2 Å². The summed E-state index contributed by atoms with van der Waals surface area (Å²) in [5.41, 5.74) is 4.26. The Morgan fingerprint density at radius 3 is 2.45 bits per heavy atom. The van der Waals surface area contributed by atoms with Gasteiger partial charge < -0.3 is 29.3 Å². The van der Waals surface area contributed by atoms with Crippen molar-refractivity contribution in [3.05, 3.63) is 51.7 Å². The molecule has 1 heterocycles. The summed E-state index contributed by atoms with van der Waals surface area (Å²) in [4.78, 5) is 22.9. The molecule has 1 unspecified atom stereocenters. The zero-order valence-electron chi connectivity index (χ0n) is 16.6. The van der Waals surface area contributed by atoms with Crippen molar-refractivity contribution < 1.29 is 36.8 Å². The van der Waals surface area contributed by atoms with Gasteiger partial charge >= 0.3 is 6.18 Å². The first-order valence-corrected chi connectivity index (χ1v) is 11.4. The lowest BCUT2D eigenvalue weighted by atomic mass is 9.98.